The number of hydrogen-bond donors (Lipinski definition) is 3. The Kier molecular flexibility index (Phi) is 8.64. The lowest BCUT2D eigenvalue weighted by Crippen LogP contribution is -2.30. The Morgan fingerprint density at radius 3 is 2.24 bits per heavy atom. The molecule has 0 saturated heterocycles. The second kappa shape index (κ2) is 11.0. The molecule has 1 atom stereocenters. The van der Waals surface area contributed by atoms with Crippen LogP contribution in [0.5, 0.6) is 5.75 Å². The number of carboxylic acids is 1. The van der Waals surface area contributed by atoms with Gasteiger partial charge in [-0.3, -0.25) is 9.78 Å². The Bertz CT molecular complexity index is 1120. The smallest absolute Gasteiger partial charge is 0.490 e. The van der Waals surface area contributed by atoms with Crippen LogP contribution in [0.2, 0.25) is 5.02 Å². The molecule has 0 aliphatic heterocycles. The molecule has 3 rings (SSSR count). The van der Waals surface area contributed by atoms with Crippen LogP contribution in [0.3, 0.4) is 0 Å². The molecule has 3 N–H and O–H groups in total. The van der Waals surface area contributed by atoms with Crippen LogP contribution in [0, 0.1) is 5.92 Å². The SMILES string of the molecule is CC(C)CC(=O)NC(c1ccc(Cl)cc1)c1ccc2cccnc2c1O.O=C(O)C(F)(F)F. The van der Waals surface area contributed by atoms with Crippen molar-refractivity contribution in [3.05, 3.63) is 70.9 Å². The molecule has 0 spiro atoms. The zero-order valence-electron chi connectivity index (χ0n) is 17.7. The van der Waals surface area contributed by atoms with Gasteiger partial charge in [0.25, 0.3) is 0 Å². The summed E-state index contributed by atoms with van der Waals surface area (Å²) in [5, 5.41) is 22.4. The van der Waals surface area contributed by atoms with E-state index in [0.717, 1.165) is 10.9 Å². The Hall–Kier alpha value is -3.33. The summed E-state index contributed by atoms with van der Waals surface area (Å²) in [5.41, 5.74) is 1.97. The number of hydrogen-bond acceptors (Lipinski definition) is 4. The summed E-state index contributed by atoms with van der Waals surface area (Å²) >= 11 is 6.00. The lowest BCUT2D eigenvalue weighted by molar-refractivity contribution is -0.192. The standard InChI is InChI=1S/C21H21ClN2O2.C2HF3O2/c1-13(2)12-18(25)24-19(15-5-8-16(22)9-6-15)17-10-7-14-4-3-11-23-20(14)21(17)26;3-2(4,5)1(6)7/h3-11,13,19,26H,12H2,1-2H3,(H,24,25);(H,6,7). The normalized spacial score (nSPS) is 12.1. The van der Waals surface area contributed by atoms with Crippen molar-refractivity contribution in [3.63, 3.8) is 0 Å². The van der Waals surface area contributed by atoms with E-state index in [1.54, 1.807) is 18.3 Å². The zero-order chi connectivity index (χ0) is 24.8. The van der Waals surface area contributed by atoms with Gasteiger partial charge in [-0.05, 0) is 29.7 Å². The molecular formula is C23H22ClF3N2O4. The minimum Gasteiger partial charge on any atom is -0.505 e. The Morgan fingerprint density at radius 2 is 1.70 bits per heavy atom. The molecule has 0 aliphatic rings. The molecule has 1 unspecified atom stereocenters. The van der Waals surface area contributed by atoms with Crippen LogP contribution in [0.1, 0.15) is 37.4 Å². The zero-order valence-corrected chi connectivity index (χ0v) is 18.5. The number of pyridine rings is 1. The van der Waals surface area contributed by atoms with Crippen LogP contribution >= 0.6 is 11.6 Å². The first-order chi connectivity index (χ1) is 15.4. The van der Waals surface area contributed by atoms with Crippen molar-refractivity contribution in [1.82, 2.24) is 10.3 Å². The molecular weight excluding hydrogens is 461 g/mol. The maximum absolute atomic E-state index is 12.4. The van der Waals surface area contributed by atoms with Gasteiger partial charge in [0, 0.05) is 28.6 Å². The number of amides is 1. The van der Waals surface area contributed by atoms with Gasteiger partial charge in [0.05, 0.1) is 6.04 Å². The van der Waals surface area contributed by atoms with Gasteiger partial charge < -0.3 is 15.5 Å². The fourth-order valence-corrected chi connectivity index (χ4v) is 3.09. The minimum absolute atomic E-state index is 0.0690. The molecule has 0 aliphatic carbocycles. The summed E-state index contributed by atoms with van der Waals surface area (Å²) < 4.78 is 31.7. The van der Waals surface area contributed by atoms with Crippen LogP contribution in [0.4, 0.5) is 13.2 Å². The van der Waals surface area contributed by atoms with Gasteiger partial charge in [0.15, 0.2) is 0 Å². The molecule has 0 bridgehead atoms. The average Bonchev–Trinajstić information content (AvgIpc) is 2.73. The first kappa shape index (κ1) is 25.9. The van der Waals surface area contributed by atoms with Crippen LogP contribution in [-0.4, -0.2) is 33.2 Å². The third-order valence-electron chi connectivity index (χ3n) is 4.43. The number of carbonyl (C=O) groups excluding carboxylic acids is 1. The van der Waals surface area contributed by atoms with E-state index in [4.69, 9.17) is 21.5 Å². The van der Waals surface area contributed by atoms with E-state index in [1.165, 1.54) is 0 Å². The highest BCUT2D eigenvalue weighted by Crippen LogP contribution is 2.34. The second-order valence-corrected chi connectivity index (χ2v) is 7.97. The predicted octanol–water partition coefficient (Wildman–Crippen LogP) is 5.48. The molecule has 33 heavy (non-hydrogen) atoms. The summed E-state index contributed by atoms with van der Waals surface area (Å²) in [6.07, 6.45) is -3.03. The van der Waals surface area contributed by atoms with E-state index in [-0.39, 0.29) is 17.6 Å². The van der Waals surface area contributed by atoms with Crippen molar-refractivity contribution in [2.24, 2.45) is 5.92 Å². The van der Waals surface area contributed by atoms with Gasteiger partial charge in [0.1, 0.15) is 11.3 Å². The number of carboxylic acid groups (broad SMARTS) is 1. The number of benzene rings is 2. The molecule has 1 heterocycles. The number of nitrogens with one attached hydrogen (secondary N) is 1. The quantitative estimate of drug-likeness (QED) is 0.447. The Balaban J connectivity index is 0.000000479. The van der Waals surface area contributed by atoms with E-state index < -0.39 is 18.2 Å². The first-order valence-electron chi connectivity index (χ1n) is 9.81. The number of aromatic nitrogens is 1. The summed E-state index contributed by atoms with van der Waals surface area (Å²) in [6, 6.07) is 14.2. The summed E-state index contributed by atoms with van der Waals surface area (Å²) in [4.78, 5) is 25.6. The van der Waals surface area contributed by atoms with Gasteiger partial charge in [0.2, 0.25) is 5.91 Å². The monoisotopic (exact) mass is 482 g/mol. The number of nitrogens with zero attached hydrogens (tertiary/aromatic N) is 1. The van der Waals surface area contributed by atoms with Crippen molar-refractivity contribution >= 4 is 34.4 Å². The topological polar surface area (TPSA) is 99.5 Å². The molecule has 3 aromatic rings. The molecule has 176 valence electrons. The average molecular weight is 483 g/mol. The number of alkyl halides is 3. The molecule has 10 heteroatoms. The third-order valence-corrected chi connectivity index (χ3v) is 4.69. The van der Waals surface area contributed by atoms with Crippen LogP contribution < -0.4 is 5.32 Å². The number of phenols is 1. The number of aromatic hydroxyl groups is 1. The number of halogens is 4. The molecule has 1 amide bonds. The summed E-state index contributed by atoms with van der Waals surface area (Å²) in [5.74, 6) is -2.51. The molecule has 0 saturated carbocycles. The Morgan fingerprint density at radius 1 is 1.09 bits per heavy atom. The predicted molar refractivity (Wildman–Crippen MR) is 118 cm³/mol. The largest absolute Gasteiger partial charge is 0.505 e. The van der Waals surface area contributed by atoms with Crippen LogP contribution in [0.15, 0.2) is 54.7 Å². The van der Waals surface area contributed by atoms with Crippen molar-refractivity contribution in [3.8, 4) is 5.75 Å². The van der Waals surface area contributed by atoms with E-state index in [1.807, 2.05) is 50.2 Å². The Labute approximate surface area is 193 Å². The summed E-state index contributed by atoms with van der Waals surface area (Å²) in [7, 11) is 0. The second-order valence-electron chi connectivity index (χ2n) is 7.53. The maximum atomic E-state index is 12.4. The highest BCUT2D eigenvalue weighted by molar-refractivity contribution is 6.30. The molecule has 0 fully saturated rings. The van der Waals surface area contributed by atoms with Crippen LogP contribution in [-0.2, 0) is 9.59 Å². The van der Waals surface area contributed by atoms with Gasteiger partial charge >= 0.3 is 12.1 Å². The van der Waals surface area contributed by atoms with Gasteiger partial charge in [-0.1, -0.05) is 55.8 Å². The van der Waals surface area contributed by atoms with Gasteiger partial charge in [-0.2, -0.15) is 13.2 Å². The number of phenolic OH excluding ortho intramolecular Hbond substituents is 1. The molecule has 1 aromatic heterocycles. The van der Waals surface area contributed by atoms with E-state index >= 15 is 0 Å². The van der Waals surface area contributed by atoms with Crippen molar-refractivity contribution in [1.29, 1.82) is 0 Å². The highest BCUT2D eigenvalue weighted by Gasteiger charge is 2.38. The van der Waals surface area contributed by atoms with Gasteiger partial charge in [-0.15, -0.1) is 0 Å². The van der Waals surface area contributed by atoms with E-state index in [9.17, 15) is 23.1 Å². The fourth-order valence-electron chi connectivity index (χ4n) is 2.96. The number of fused-ring (bicyclic) bond motifs is 1. The molecule has 2 aromatic carbocycles. The van der Waals surface area contributed by atoms with Crippen molar-refractivity contribution in [2.75, 3.05) is 0 Å². The van der Waals surface area contributed by atoms with E-state index in [0.29, 0.717) is 22.5 Å². The summed E-state index contributed by atoms with van der Waals surface area (Å²) in [6.45, 7) is 3.99. The van der Waals surface area contributed by atoms with Gasteiger partial charge in [-0.25, -0.2) is 4.79 Å². The van der Waals surface area contributed by atoms with Crippen molar-refractivity contribution in [2.45, 2.75) is 32.5 Å². The fraction of sp³-hybridized carbons (Fsp3) is 0.261. The lowest BCUT2D eigenvalue weighted by Gasteiger charge is -2.22. The first-order valence-corrected chi connectivity index (χ1v) is 10.2. The minimum atomic E-state index is -5.08. The van der Waals surface area contributed by atoms with Crippen LogP contribution in [0.25, 0.3) is 10.9 Å². The highest BCUT2D eigenvalue weighted by atomic mass is 35.5. The van der Waals surface area contributed by atoms with Crippen molar-refractivity contribution < 1.29 is 33.0 Å². The number of carbonyl (C=O) groups is 2. The third kappa shape index (κ3) is 7.35. The number of rotatable bonds is 5. The molecule has 6 nitrogen and oxygen atoms in total. The van der Waals surface area contributed by atoms with E-state index in [2.05, 4.69) is 10.3 Å². The molecule has 0 radical (unpaired) electrons. The lowest BCUT2D eigenvalue weighted by atomic mass is 9.95. The maximum Gasteiger partial charge on any atom is 0.490 e. The number of aliphatic carboxylic acids is 1.